The largest absolute Gasteiger partial charge is 0.273 e. The van der Waals surface area contributed by atoms with Crippen LogP contribution >= 0.6 is 11.8 Å². The van der Waals surface area contributed by atoms with E-state index in [2.05, 4.69) is 21.9 Å². The van der Waals surface area contributed by atoms with Gasteiger partial charge in [0.25, 0.3) is 0 Å². The second-order valence-electron chi connectivity index (χ2n) is 3.60. The minimum atomic E-state index is -0.149. The molecule has 3 nitrogen and oxygen atoms in total. The fraction of sp³-hybridized carbons (Fsp3) is 0.545. The van der Waals surface area contributed by atoms with Crippen molar-refractivity contribution in [3.05, 3.63) is 24.3 Å². The van der Waals surface area contributed by atoms with E-state index in [9.17, 15) is 0 Å². The first-order valence-corrected chi connectivity index (χ1v) is 6.30. The summed E-state index contributed by atoms with van der Waals surface area (Å²) < 4.78 is 0. The molecule has 1 unspecified atom stereocenters. The molecule has 15 heavy (non-hydrogen) atoms. The van der Waals surface area contributed by atoms with Gasteiger partial charge in [-0.05, 0) is 6.42 Å². The first-order valence-electron chi connectivity index (χ1n) is 5.31. The van der Waals surface area contributed by atoms with Gasteiger partial charge in [0.2, 0.25) is 0 Å². The maximum absolute atomic E-state index is 4.61. The summed E-state index contributed by atoms with van der Waals surface area (Å²) in [5.74, 6) is 0.986. The average Bonchev–Trinajstić information content (AvgIpc) is 2.78. The lowest BCUT2D eigenvalue weighted by Crippen LogP contribution is -2.18. The van der Waals surface area contributed by atoms with Crippen molar-refractivity contribution in [2.75, 3.05) is 5.75 Å². The van der Waals surface area contributed by atoms with Crippen molar-refractivity contribution >= 4 is 18.0 Å². The Kier molecular flexibility index (Phi) is 3.36. The second-order valence-corrected chi connectivity index (χ2v) is 4.90. The second kappa shape index (κ2) is 4.75. The van der Waals surface area contributed by atoms with Gasteiger partial charge in [0.1, 0.15) is 4.87 Å². The van der Waals surface area contributed by atoms with Crippen molar-refractivity contribution in [1.82, 2.24) is 9.97 Å². The Labute approximate surface area is 94.4 Å². The van der Waals surface area contributed by atoms with Crippen LogP contribution in [0.25, 0.3) is 0 Å². The van der Waals surface area contributed by atoms with Crippen LogP contribution < -0.4 is 0 Å². The summed E-state index contributed by atoms with van der Waals surface area (Å²) >= 11 is 1.86. The smallest absolute Gasteiger partial charge is 0.149 e. The zero-order valence-electron chi connectivity index (χ0n) is 8.89. The molecule has 0 fully saturated rings. The molecule has 2 rings (SSSR count). The Bertz CT molecular complexity index is 339. The van der Waals surface area contributed by atoms with Crippen LogP contribution in [0.4, 0.5) is 0 Å². The van der Waals surface area contributed by atoms with Crippen LogP contribution in [-0.4, -0.2) is 21.9 Å². The number of thioether (sulfide) groups is 1. The molecule has 1 aliphatic heterocycles. The number of aliphatic imine (C=N–C) groups is 1. The SMILES string of the molecule is CCCCC1(c2cnccn2)N=CCS1. The Morgan fingerprint density at radius 2 is 2.40 bits per heavy atom. The van der Waals surface area contributed by atoms with Crippen molar-refractivity contribution in [1.29, 1.82) is 0 Å². The van der Waals surface area contributed by atoms with Crippen LogP contribution in [0.15, 0.2) is 23.6 Å². The predicted octanol–water partition coefficient (Wildman–Crippen LogP) is 2.64. The highest BCUT2D eigenvalue weighted by Crippen LogP contribution is 2.43. The van der Waals surface area contributed by atoms with Crippen molar-refractivity contribution < 1.29 is 0 Å². The van der Waals surface area contributed by atoms with Gasteiger partial charge in [0.05, 0.1) is 11.9 Å². The summed E-state index contributed by atoms with van der Waals surface area (Å²) in [6.45, 7) is 2.20. The standard InChI is InChI=1S/C11H15N3S/c1-2-3-4-11(14-7-8-15-11)10-9-12-5-6-13-10/h5-7,9H,2-4,8H2,1H3. The minimum Gasteiger partial charge on any atom is -0.273 e. The molecule has 80 valence electrons. The third-order valence-electron chi connectivity index (χ3n) is 2.53. The summed E-state index contributed by atoms with van der Waals surface area (Å²) in [5.41, 5.74) is 0.997. The quantitative estimate of drug-likeness (QED) is 0.784. The van der Waals surface area contributed by atoms with E-state index in [1.165, 1.54) is 12.8 Å². The third kappa shape index (κ3) is 2.20. The summed E-state index contributed by atoms with van der Waals surface area (Å²) in [4.78, 5) is 13.0. The summed E-state index contributed by atoms with van der Waals surface area (Å²) in [7, 11) is 0. The summed E-state index contributed by atoms with van der Waals surface area (Å²) in [6.07, 6.45) is 10.7. The van der Waals surface area contributed by atoms with Crippen molar-refractivity contribution in [3.8, 4) is 0 Å². The molecule has 0 saturated carbocycles. The molecule has 0 bridgehead atoms. The molecule has 2 heterocycles. The van der Waals surface area contributed by atoms with E-state index in [0.29, 0.717) is 0 Å². The van der Waals surface area contributed by atoms with Crippen LogP contribution in [-0.2, 0) is 4.87 Å². The topological polar surface area (TPSA) is 38.1 Å². The van der Waals surface area contributed by atoms with E-state index in [4.69, 9.17) is 0 Å². The van der Waals surface area contributed by atoms with Gasteiger partial charge in [-0.2, -0.15) is 0 Å². The Hall–Kier alpha value is -0.900. The fourth-order valence-electron chi connectivity index (χ4n) is 1.72. The Morgan fingerprint density at radius 3 is 3.00 bits per heavy atom. The molecular weight excluding hydrogens is 206 g/mol. The maximum atomic E-state index is 4.61. The number of aromatic nitrogens is 2. The van der Waals surface area contributed by atoms with E-state index in [-0.39, 0.29) is 4.87 Å². The molecule has 1 atom stereocenters. The van der Waals surface area contributed by atoms with Gasteiger partial charge < -0.3 is 0 Å². The number of hydrogen-bond donors (Lipinski definition) is 0. The first kappa shape index (κ1) is 10.6. The van der Waals surface area contributed by atoms with Gasteiger partial charge in [0, 0.05) is 24.4 Å². The highest BCUT2D eigenvalue weighted by Gasteiger charge is 2.35. The van der Waals surface area contributed by atoms with Crippen molar-refractivity contribution in [2.24, 2.45) is 4.99 Å². The molecule has 0 spiro atoms. The average molecular weight is 221 g/mol. The highest BCUT2D eigenvalue weighted by atomic mass is 32.2. The van der Waals surface area contributed by atoms with E-state index >= 15 is 0 Å². The van der Waals surface area contributed by atoms with Gasteiger partial charge in [-0.15, -0.1) is 11.8 Å². The van der Waals surface area contributed by atoms with Gasteiger partial charge in [-0.3, -0.25) is 15.0 Å². The van der Waals surface area contributed by atoms with Gasteiger partial charge >= 0.3 is 0 Å². The molecule has 0 aromatic carbocycles. The van der Waals surface area contributed by atoms with Crippen LogP contribution in [0.3, 0.4) is 0 Å². The molecule has 1 aliphatic rings. The maximum Gasteiger partial charge on any atom is 0.149 e. The van der Waals surface area contributed by atoms with E-state index in [0.717, 1.165) is 17.9 Å². The van der Waals surface area contributed by atoms with Gasteiger partial charge in [-0.1, -0.05) is 19.8 Å². The van der Waals surface area contributed by atoms with E-state index in [1.807, 2.05) is 24.2 Å². The summed E-state index contributed by atoms with van der Waals surface area (Å²) in [5, 5.41) is 0. The fourth-order valence-corrected chi connectivity index (χ4v) is 2.84. The summed E-state index contributed by atoms with van der Waals surface area (Å²) in [6, 6.07) is 0. The Balaban J connectivity index is 2.23. The number of rotatable bonds is 4. The molecule has 0 amide bonds. The Morgan fingerprint density at radius 1 is 1.47 bits per heavy atom. The first-order chi connectivity index (χ1) is 7.37. The van der Waals surface area contributed by atoms with Crippen LogP contribution in [0.1, 0.15) is 31.9 Å². The lowest BCUT2D eigenvalue weighted by atomic mass is 10.1. The number of nitrogens with zero attached hydrogens (tertiary/aromatic N) is 3. The lowest BCUT2D eigenvalue weighted by molar-refractivity contribution is 0.549. The molecule has 0 aliphatic carbocycles. The minimum absolute atomic E-state index is 0.149. The van der Waals surface area contributed by atoms with Crippen LogP contribution in [0, 0.1) is 0 Å². The van der Waals surface area contributed by atoms with E-state index in [1.54, 1.807) is 12.4 Å². The molecular formula is C11H15N3S. The van der Waals surface area contributed by atoms with Crippen molar-refractivity contribution in [2.45, 2.75) is 31.1 Å². The molecule has 1 aromatic rings. The zero-order chi connectivity index (χ0) is 10.6. The predicted molar refractivity (Wildman–Crippen MR) is 64.2 cm³/mol. The van der Waals surface area contributed by atoms with E-state index < -0.39 is 0 Å². The van der Waals surface area contributed by atoms with Crippen LogP contribution in [0.5, 0.6) is 0 Å². The monoisotopic (exact) mass is 221 g/mol. The zero-order valence-corrected chi connectivity index (χ0v) is 9.70. The number of unbranched alkanes of at least 4 members (excludes halogenated alkanes) is 1. The number of hydrogen-bond acceptors (Lipinski definition) is 4. The highest BCUT2D eigenvalue weighted by molar-refractivity contribution is 8.01. The third-order valence-corrected chi connectivity index (χ3v) is 3.84. The van der Waals surface area contributed by atoms with Gasteiger partial charge in [-0.25, -0.2) is 0 Å². The molecule has 4 heteroatoms. The van der Waals surface area contributed by atoms with Crippen molar-refractivity contribution in [3.63, 3.8) is 0 Å². The molecule has 0 saturated heterocycles. The normalized spacial score (nSPS) is 24.6. The van der Waals surface area contributed by atoms with Crippen LogP contribution in [0.2, 0.25) is 0 Å². The molecule has 1 aromatic heterocycles. The molecule has 0 radical (unpaired) electrons. The molecule has 0 N–H and O–H groups in total. The van der Waals surface area contributed by atoms with Gasteiger partial charge in [0.15, 0.2) is 0 Å². The lowest BCUT2D eigenvalue weighted by Gasteiger charge is -2.23.